The molecule has 2 aliphatic rings. The van der Waals surface area contributed by atoms with E-state index in [-0.39, 0.29) is 0 Å². The Morgan fingerprint density at radius 1 is 0.531 bits per heavy atom. The Kier molecular flexibility index (Phi) is 9.78. The maximum atomic E-state index is 2.32. The zero-order valence-electron chi connectivity index (χ0n) is 18.4. The summed E-state index contributed by atoms with van der Waals surface area (Å²) in [6.45, 7) is 4.43. The smallest absolute Gasteiger partial charge is 0.0657 e. The standard InChI is InChI=1S/C22H22S10/c1-11-7-9-13(27-11)15(17-29-19(23-3)20(24-4)30-17)16(14-10-8-12(2)28-14)18-31-21(25-5)22(26-6)32-18/h7-10H,1-6H3. The fourth-order valence-electron chi connectivity index (χ4n) is 3.04. The zero-order valence-corrected chi connectivity index (χ0v) is 26.6. The largest absolute Gasteiger partial charge is 0.141 e. The maximum Gasteiger partial charge on any atom is 0.0657 e. The van der Waals surface area contributed by atoms with Gasteiger partial charge in [-0.05, 0) is 63.1 Å². The Morgan fingerprint density at radius 2 is 0.844 bits per heavy atom. The molecular weight excluding hydrogens is 585 g/mol. The summed E-state index contributed by atoms with van der Waals surface area (Å²) in [4.78, 5) is 5.47. The summed E-state index contributed by atoms with van der Waals surface area (Å²) in [6.07, 6.45) is 8.78. The van der Waals surface area contributed by atoms with Crippen molar-refractivity contribution < 1.29 is 0 Å². The monoisotopic (exact) mass is 606 g/mol. The van der Waals surface area contributed by atoms with E-state index in [1.165, 1.54) is 56.1 Å². The maximum absolute atomic E-state index is 2.32. The molecule has 2 aromatic rings. The van der Waals surface area contributed by atoms with Crippen LogP contribution in [0.25, 0.3) is 11.1 Å². The molecule has 0 amide bonds. The van der Waals surface area contributed by atoms with Gasteiger partial charge in [-0.15, -0.1) is 69.7 Å². The molecule has 0 N–H and O–H groups in total. The van der Waals surface area contributed by atoms with Crippen molar-refractivity contribution in [1.82, 2.24) is 0 Å². The molecule has 0 fully saturated rings. The van der Waals surface area contributed by atoms with Crippen molar-refractivity contribution >= 4 is 128 Å². The number of thiophene rings is 2. The normalized spacial score (nSPS) is 16.7. The van der Waals surface area contributed by atoms with E-state index in [2.05, 4.69) is 63.1 Å². The fourth-order valence-corrected chi connectivity index (χ4v) is 15.4. The third-order valence-corrected chi connectivity index (χ3v) is 16.9. The molecule has 0 unspecified atom stereocenters. The van der Waals surface area contributed by atoms with Crippen molar-refractivity contribution in [1.29, 1.82) is 0 Å². The molecule has 170 valence electrons. The molecule has 2 aliphatic heterocycles. The SMILES string of the molecule is CSC1=C(SC)SC(=C(C(=C2SC(SC)=C(SC)S2)c2ccc(C)s2)c2ccc(C)s2)S1. The summed E-state index contributed by atoms with van der Waals surface area (Å²) in [5.74, 6) is 0. The molecule has 32 heavy (non-hydrogen) atoms. The summed E-state index contributed by atoms with van der Waals surface area (Å²) >= 11 is 19.1. The molecule has 4 heterocycles. The highest BCUT2D eigenvalue weighted by Gasteiger charge is 2.32. The van der Waals surface area contributed by atoms with Crippen LogP contribution < -0.4 is 0 Å². The highest BCUT2D eigenvalue weighted by atomic mass is 32.3. The molecule has 0 bridgehead atoms. The van der Waals surface area contributed by atoms with Gasteiger partial charge < -0.3 is 0 Å². The molecule has 0 aliphatic carbocycles. The lowest BCUT2D eigenvalue weighted by molar-refractivity contribution is 1.64. The van der Waals surface area contributed by atoms with Crippen LogP contribution in [0.2, 0.25) is 0 Å². The van der Waals surface area contributed by atoms with Gasteiger partial charge in [0.15, 0.2) is 0 Å². The third-order valence-electron chi connectivity index (χ3n) is 4.45. The molecular formula is C22H22S10. The predicted octanol–water partition coefficient (Wildman–Crippen LogP) is 11.1. The summed E-state index contributed by atoms with van der Waals surface area (Å²) in [5, 5.41) is 0. The van der Waals surface area contributed by atoms with E-state index in [0.717, 1.165) is 0 Å². The molecule has 10 heteroatoms. The molecule has 4 rings (SSSR count). The second-order valence-corrected chi connectivity index (χ2v) is 18.0. The Bertz CT molecular complexity index is 1010. The Balaban J connectivity index is 1.94. The Hall–Kier alpha value is 1.16. The lowest BCUT2D eigenvalue weighted by atomic mass is 10.1. The minimum Gasteiger partial charge on any atom is -0.141 e. The second-order valence-electron chi connectivity index (χ2n) is 6.52. The van der Waals surface area contributed by atoms with Crippen molar-refractivity contribution in [2.24, 2.45) is 0 Å². The van der Waals surface area contributed by atoms with E-state index in [0.29, 0.717) is 0 Å². The van der Waals surface area contributed by atoms with Gasteiger partial charge in [-0.25, -0.2) is 0 Å². The fraction of sp³-hybridized carbons (Fsp3) is 0.273. The van der Waals surface area contributed by atoms with Crippen molar-refractivity contribution in [3.8, 4) is 0 Å². The lowest BCUT2D eigenvalue weighted by Gasteiger charge is -2.16. The van der Waals surface area contributed by atoms with E-state index in [9.17, 15) is 0 Å². The topological polar surface area (TPSA) is 0 Å². The third kappa shape index (κ3) is 5.60. The minimum atomic E-state index is 1.36. The minimum absolute atomic E-state index is 1.36. The second kappa shape index (κ2) is 11.9. The van der Waals surface area contributed by atoms with Gasteiger partial charge in [-0.1, -0.05) is 47.0 Å². The first-order chi connectivity index (χ1) is 15.5. The Morgan fingerprint density at radius 3 is 1.06 bits per heavy atom. The average molecular weight is 607 g/mol. The van der Waals surface area contributed by atoms with E-state index < -0.39 is 0 Å². The summed E-state index contributed by atoms with van der Waals surface area (Å²) in [6, 6.07) is 9.17. The highest BCUT2D eigenvalue weighted by molar-refractivity contribution is 8.41. The first kappa shape index (κ1) is 26.2. The molecule has 2 aromatic heterocycles. The number of aryl methyl sites for hydroxylation is 2. The Labute approximate surface area is 233 Å². The van der Waals surface area contributed by atoms with Crippen LogP contribution in [0, 0.1) is 13.8 Å². The van der Waals surface area contributed by atoms with E-state index in [1.54, 1.807) is 0 Å². The molecule has 0 spiro atoms. The molecule has 0 radical (unpaired) electrons. The van der Waals surface area contributed by atoms with Crippen LogP contribution in [0.3, 0.4) is 0 Å². The van der Waals surface area contributed by atoms with Crippen LogP contribution >= 0.6 is 117 Å². The quantitative estimate of drug-likeness (QED) is 0.301. The predicted molar refractivity (Wildman–Crippen MR) is 170 cm³/mol. The molecule has 0 nitrogen and oxygen atoms in total. The van der Waals surface area contributed by atoms with Gasteiger partial charge in [0.05, 0.1) is 25.4 Å². The first-order valence-electron chi connectivity index (χ1n) is 9.47. The number of hydrogen-bond acceptors (Lipinski definition) is 10. The average Bonchev–Trinajstić information content (AvgIpc) is 3.57. The molecule has 0 atom stereocenters. The van der Waals surface area contributed by atoms with E-state index >= 15 is 0 Å². The highest BCUT2D eigenvalue weighted by Crippen LogP contribution is 2.64. The summed E-state index contributed by atoms with van der Waals surface area (Å²) in [7, 11) is 0. The van der Waals surface area contributed by atoms with E-state index in [1.807, 2.05) is 117 Å². The van der Waals surface area contributed by atoms with Gasteiger partial charge in [-0.3, -0.25) is 0 Å². The van der Waals surface area contributed by atoms with Crippen LogP contribution in [-0.2, 0) is 0 Å². The van der Waals surface area contributed by atoms with Crippen molar-refractivity contribution in [3.05, 3.63) is 69.2 Å². The molecule has 0 saturated carbocycles. The number of thioether (sulfide) groups is 8. The first-order valence-corrected chi connectivity index (χ1v) is 19.3. The van der Waals surface area contributed by atoms with Gasteiger partial charge in [-0.2, -0.15) is 0 Å². The van der Waals surface area contributed by atoms with Crippen LogP contribution in [-0.4, -0.2) is 25.0 Å². The van der Waals surface area contributed by atoms with Crippen LogP contribution in [0.1, 0.15) is 19.5 Å². The van der Waals surface area contributed by atoms with Crippen molar-refractivity contribution in [2.45, 2.75) is 13.8 Å². The number of rotatable bonds is 7. The van der Waals surface area contributed by atoms with Gasteiger partial charge in [0.1, 0.15) is 0 Å². The molecule has 0 aromatic carbocycles. The van der Waals surface area contributed by atoms with Crippen LogP contribution in [0.15, 0.2) is 49.7 Å². The van der Waals surface area contributed by atoms with Crippen molar-refractivity contribution in [2.75, 3.05) is 25.0 Å². The zero-order chi connectivity index (χ0) is 22.8. The summed E-state index contributed by atoms with van der Waals surface area (Å²) < 4.78 is 8.53. The number of hydrogen-bond donors (Lipinski definition) is 0. The number of allylic oxidation sites excluding steroid dienone is 2. The molecule has 0 saturated heterocycles. The summed E-state index contributed by atoms with van der Waals surface area (Å²) in [5.41, 5.74) is 2.82. The van der Waals surface area contributed by atoms with Gasteiger partial charge >= 0.3 is 0 Å². The van der Waals surface area contributed by atoms with Gasteiger partial charge in [0.25, 0.3) is 0 Å². The van der Waals surface area contributed by atoms with Gasteiger partial charge in [0.2, 0.25) is 0 Å². The van der Waals surface area contributed by atoms with Crippen molar-refractivity contribution in [3.63, 3.8) is 0 Å². The van der Waals surface area contributed by atoms with Crippen LogP contribution in [0.4, 0.5) is 0 Å². The lowest BCUT2D eigenvalue weighted by Crippen LogP contribution is -1.91. The van der Waals surface area contributed by atoms with E-state index in [4.69, 9.17) is 0 Å². The van der Waals surface area contributed by atoms with Crippen LogP contribution in [0.5, 0.6) is 0 Å². The van der Waals surface area contributed by atoms with Gasteiger partial charge in [0, 0.05) is 30.7 Å².